The van der Waals surface area contributed by atoms with Gasteiger partial charge in [0.25, 0.3) is 5.91 Å². The Hall–Kier alpha value is -1.89. The summed E-state index contributed by atoms with van der Waals surface area (Å²) in [5.41, 5.74) is 1.14. The highest BCUT2D eigenvalue weighted by Gasteiger charge is 2.25. The summed E-state index contributed by atoms with van der Waals surface area (Å²) in [5.74, 6) is -3.13. The third-order valence-corrected chi connectivity index (χ3v) is 4.19. The minimum atomic E-state index is -1.40. The lowest BCUT2D eigenvalue weighted by Crippen LogP contribution is -2.41. The molecule has 102 valence electrons. The molecule has 1 amide bonds. The van der Waals surface area contributed by atoms with Crippen molar-refractivity contribution in [1.29, 1.82) is 0 Å². The van der Waals surface area contributed by atoms with E-state index in [1.807, 2.05) is 0 Å². The van der Waals surface area contributed by atoms with Crippen LogP contribution in [-0.4, -0.2) is 34.1 Å². The average molecular weight is 283 g/mol. The molecule has 1 aliphatic rings. The van der Waals surface area contributed by atoms with Crippen molar-refractivity contribution in [3.05, 3.63) is 21.4 Å². The molecule has 0 radical (unpaired) electrons. The number of amides is 1. The fraction of sp³-hybridized carbons (Fsp3) is 0.417. The fourth-order valence-electron chi connectivity index (χ4n) is 2.05. The largest absolute Gasteiger partial charge is 0.481 e. The summed E-state index contributed by atoms with van der Waals surface area (Å²) in [6, 6.07) is 0.365. The molecule has 6 nitrogen and oxygen atoms in total. The Bertz CT molecular complexity index is 515. The molecular formula is C12H13NO5S. The SMILES string of the molecule is O=C(O)C[C@@H](NC(=O)c1cc2c(s1)CCC2)C(=O)O. The molecule has 1 heterocycles. The molecule has 0 spiro atoms. The lowest BCUT2D eigenvalue weighted by Gasteiger charge is -2.11. The standard InChI is InChI=1S/C12H13NO5S/c14-10(15)5-7(12(17)18)13-11(16)9-4-6-2-1-3-8(6)19-9/h4,7H,1-3,5H2,(H,13,16)(H,14,15)(H,17,18)/t7-/m1/s1. The maximum atomic E-state index is 11.9. The number of carbonyl (C=O) groups excluding carboxylic acids is 1. The van der Waals surface area contributed by atoms with E-state index >= 15 is 0 Å². The van der Waals surface area contributed by atoms with Gasteiger partial charge in [0, 0.05) is 4.88 Å². The lowest BCUT2D eigenvalue weighted by molar-refractivity contribution is -0.145. The summed E-state index contributed by atoms with van der Waals surface area (Å²) >= 11 is 1.35. The zero-order valence-electron chi connectivity index (χ0n) is 10.0. The van der Waals surface area contributed by atoms with Gasteiger partial charge in [0.05, 0.1) is 11.3 Å². The second-order valence-corrected chi connectivity index (χ2v) is 5.51. The van der Waals surface area contributed by atoms with Gasteiger partial charge in [0.1, 0.15) is 6.04 Å². The van der Waals surface area contributed by atoms with Crippen LogP contribution in [0.3, 0.4) is 0 Å². The van der Waals surface area contributed by atoms with E-state index in [1.54, 1.807) is 6.07 Å². The van der Waals surface area contributed by atoms with E-state index in [2.05, 4.69) is 5.32 Å². The molecule has 1 aromatic rings. The van der Waals surface area contributed by atoms with Crippen molar-refractivity contribution in [3.8, 4) is 0 Å². The van der Waals surface area contributed by atoms with Crippen LogP contribution in [-0.2, 0) is 22.4 Å². The molecule has 19 heavy (non-hydrogen) atoms. The maximum Gasteiger partial charge on any atom is 0.326 e. The Labute approximate surface area is 113 Å². The number of hydrogen-bond acceptors (Lipinski definition) is 4. The third-order valence-electron chi connectivity index (χ3n) is 2.95. The predicted molar refractivity (Wildman–Crippen MR) is 67.5 cm³/mol. The molecule has 0 unspecified atom stereocenters. The van der Waals surface area contributed by atoms with E-state index in [1.165, 1.54) is 11.3 Å². The van der Waals surface area contributed by atoms with Crippen LogP contribution in [0.15, 0.2) is 6.07 Å². The first kappa shape index (κ1) is 13.5. The number of fused-ring (bicyclic) bond motifs is 1. The summed E-state index contributed by atoms with van der Waals surface area (Å²) in [7, 11) is 0. The Kier molecular flexibility index (Phi) is 3.84. The maximum absolute atomic E-state index is 11.9. The molecule has 3 N–H and O–H groups in total. The summed E-state index contributed by atoms with van der Waals surface area (Å²) in [6.07, 6.45) is 2.34. The smallest absolute Gasteiger partial charge is 0.326 e. The summed E-state index contributed by atoms with van der Waals surface area (Å²) in [6.45, 7) is 0. The lowest BCUT2D eigenvalue weighted by atomic mass is 10.2. The zero-order chi connectivity index (χ0) is 14.0. The Balaban J connectivity index is 2.06. The summed E-state index contributed by atoms with van der Waals surface area (Å²) in [4.78, 5) is 34.9. The number of aliphatic carboxylic acids is 2. The van der Waals surface area contributed by atoms with Crippen molar-refractivity contribution in [2.75, 3.05) is 0 Å². The van der Waals surface area contributed by atoms with Gasteiger partial charge in [-0.05, 0) is 30.9 Å². The molecule has 1 aromatic heterocycles. The molecule has 0 aromatic carbocycles. The molecule has 2 rings (SSSR count). The van der Waals surface area contributed by atoms with E-state index in [0.29, 0.717) is 4.88 Å². The van der Waals surface area contributed by atoms with Gasteiger partial charge in [0.15, 0.2) is 0 Å². The number of carboxylic acid groups (broad SMARTS) is 2. The second-order valence-electron chi connectivity index (χ2n) is 4.37. The monoisotopic (exact) mass is 283 g/mol. The topological polar surface area (TPSA) is 104 Å². The van der Waals surface area contributed by atoms with Gasteiger partial charge in [-0.2, -0.15) is 0 Å². The van der Waals surface area contributed by atoms with Gasteiger partial charge in [0.2, 0.25) is 0 Å². The first-order chi connectivity index (χ1) is 8.97. The second kappa shape index (κ2) is 5.40. The van der Waals surface area contributed by atoms with Gasteiger partial charge in [-0.25, -0.2) is 4.79 Å². The predicted octanol–water partition coefficient (Wildman–Crippen LogP) is 0.894. The van der Waals surface area contributed by atoms with Crippen LogP contribution in [0.1, 0.15) is 33.0 Å². The van der Waals surface area contributed by atoms with Crippen LogP contribution in [0.25, 0.3) is 0 Å². The van der Waals surface area contributed by atoms with Crippen LogP contribution in [0.2, 0.25) is 0 Å². The molecule has 0 bridgehead atoms. The van der Waals surface area contributed by atoms with Crippen molar-refractivity contribution in [2.45, 2.75) is 31.7 Å². The third kappa shape index (κ3) is 3.11. The van der Waals surface area contributed by atoms with Crippen molar-refractivity contribution in [1.82, 2.24) is 5.32 Å². The molecule has 1 aliphatic carbocycles. The van der Waals surface area contributed by atoms with Crippen molar-refractivity contribution < 1.29 is 24.6 Å². The van der Waals surface area contributed by atoms with E-state index in [9.17, 15) is 14.4 Å². The average Bonchev–Trinajstić information content (AvgIpc) is 2.86. The molecular weight excluding hydrogens is 270 g/mol. The molecule has 0 saturated heterocycles. The molecule has 0 fully saturated rings. The molecule has 0 saturated carbocycles. The van der Waals surface area contributed by atoms with E-state index in [0.717, 1.165) is 29.7 Å². The van der Waals surface area contributed by atoms with Crippen LogP contribution >= 0.6 is 11.3 Å². The van der Waals surface area contributed by atoms with Crippen molar-refractivity contribution >= 4 is 29.2 Å². The Morgan fingerprint density at radius 1 is 1.32 bits per heavy atom. The van der Waals surface area contributed by atoms with E-state index < -0.39 is 30.3 Å². The summed E-state index contributed by atoms with van der Waals surface area (Å²) < 4.78 is 0. The van der Waals surface area contributed by atoms with Crippen LogP contribution in [0.4, 0.5) is 0 Å². The number of hydrogen-bond donors (Lipinski definition) is 3. The number of nitrogens with one attached hydrogen (secondary N) is 1. The Morgan fingerprint density at radius 2 is 2.05 bits per heavy atom. The summed E-state index contributed by atoms with van der Waals surface area (Å²) in [5, 5.41) is 19.7. The number of rotatable bonds is 5. The van der Waals surface area contributed by atoms with Gasteiger partial charge in [-0.3, -0.25) is 9.59 Å². The van der Waals surface area contributed by atoms with Crippen molar-refractivity contribution in [3.63, 3.8) is 0 Å². The number of carbonyl (C=O) groups is 3. The molecule has 7 heteroatoms. The Morgan fingerprint density at radius 3 is 2.63 bits per heavy atom. The van der Waals surface area contributed by atoms with Gasteiger partial charge in [-0.1, -0.05) is 0 Å². The quantitative estimate of drug-likeness (QED) is 0.744. The normalized spacial score (nSPS) is 14.7. The highest BCUT2D eigenvalue weighted by atomic mass is 32.1. The van der Waals surface area contributed by atoms with Gasteiger partial charge < -0.3 is 15.5 Å². The minimum Gasteiger partial charge on any atom is -0.481 e. The van der Waals surface area contributed by atoms with Gasteiger partial charge in [-0.15, -0.1) is 11.3 Å². The first-order valence-corrected chi connectivity index (χ1v) is 6.66. The number of carboxylic acids is 2. The molecule has 1 atom stereocenters. The fourth-order valence-corrected chi connectivity index (χ4v) is 3.20. The minimum absolute atomic E-state index is 0.446. The van der Waals surface area contributed by atoms with E-state index in [-0.39, 0.29) is 0 Å². The van der Waals surface area contributed by atoms with Gasteiger partial charge >= 0.3 is 11.9 Å². The highest BCUT2D eigenvalue weighted by molar-refractivity contribution is 7.14. The van der Waals surface area contributed by atoms with Crippen LogP contribution in [0, 0.1) is 0 Å². The highest BCUT2D eigenvalue weighted by Crippen LogP contribution is 2.30. The van der Waals surface area contributed by atoms with Crippen LogP contribution < -0.4 is 5.32 Å². The molecule has 0 aliphatic heterocycles. The van der Waals surface area contributed by atoms with Crippen LogP contribution in [0.5, 0.6) is 0 Å². The first-order valence-electron chi connectivity index (χ1n) is 5.84. The van der Waals surface area contributed by atoms with E-state index in [4.69, 9.17) is 10.2 Å². The number of aryl methyl sites for hydroxylation is 2. The number of thiophene rings is 1. The zero-order valence-corrected chi connectivity index (χ0v) is 10.8. The van der Waals surface area contributed by atoms with Crippen molar-refractivity contribution in [2.24, 2.45) is 0 Å².